The zero-order chi connectivity index (χ0) is 13.9. The molecule has 1 saturated heterocycles. The van der Waals surface area contributed by atoms with Gasteiger partial charge in [-0.1, -0.05) is 6.07 Å². The monoisotopic (exact) mass is 289 g/mol. The summed E-state index contributed by atoms with van der Waals surface area (Å²) in [5.74, 6) is 1.31. The zero-order valence-corrected chi connectivity index (χ0v) is 12.4. The highest BCUT2D eigenvalue weighted by Gasteiger charge is 2.22. The molecule has 3 N–H and O–H groups in total. The fourth-order valence-electron chi connectivity index (χ4n) is 2.55. The van der Waals surface area contributed by atoms with E-state index < -0.39 is 0 Å². The third-order valence-electron chi connectivity index (χ3n) is 3.64. The number of aromatic nitrogens is 2. The van der Waals surface area contributed by atoms with Crippen LogP contribution in [0.4, 0.5) is 11.8 Å². The van der Waals surface area contributed by atoms with Gasteiger partial charge >= 0.3 is 0 Å². The summed E-state index contributed by atoms with van der Waals surface area (Å²) in [6, 6.07) is 6.78. The highest BCUT2D eigenvalue weighted by molar-refractivity contribution is 7.09. The highest BCUT2D eigenvalue weighted by Crippen LogP contribution is 2.22. The SMILES string of the molecule is CN[C@@H]1CCN(c2cc(Cc3cccs3)nc(N)n2)C1. The molecular weight excluding hydrogens is 270 g/mol. The van der Waals surface area contributed by atoms with Gasteiger partial charge in [-0.3, -0.25) is 0 Å². The van der Waals surface area contributed by atoms with Crippen LogP contribution in [-0.4, -0.2) is 36.1 Å². The van der Waals surface area contributed by atoms with E-state index in [4.69, 9.17) is 5.73 Å². The minimum absolute atomic E-state index is 0.363. The van der Waals surface area contributed by atoms with Crippen molar-refractivity contribution in [2.45, 2.75) is 18.9 Å². The van der Waals surface area contributed by atoms with Crippen molar-refractivity contribution in [2.75, 3.05) is 30.8 Å². The molecule has 2 aromatic rings. The number of nitrogens with zero attached hydrogens (tertiary/aromatic N) is 3. The third-order valence-corrected chi connectivity index (χ3v) is 4.52. The van der Waals surface area contributed by atoms with Crippen molar-refractivity contribution in [3.8, 4) is 0 Å². The largest absolute Gasteiger partial charge is 0.368 e. The maximum Gasteiger partial charge on any atom is 0.222 e. The predicted molar refractivity (Wildman–Crippen MR) is 83.2 cm³/mol. The quantitative estimate of drug-likeness (QED) is 0.893. The Hall–Kier alpha value is -1.66. The Kier molecular flexibility index (Phi) is 3.84. The Bertz CT molecular complexity index is 569. The van der Waals surface area contributed by atoms with Crippen LogP contribution in [0.15, 0.2) is 23.6 Å². The number of nitrogens with two attached hydrogens (primary N) is 1. The molecule has 1 aliphatic rings. The van der Waals surface area contributed by atoms with E-state index in [1.54, 1.807) is 11.3 Å². The van der Waals surface area contributed by atoms with Crippen molar-refractivity contribution in [1.29, 1.82) is 0 Å². The lowest BCUT2D eigenvalue weighted by atomic mass is 10.2. The van der Waals surface area contributed by atoms with Crippen molar-refractivity contribution in [1.82, 2.24) is 15.3 Å². The summed E-state index contributed by atoms with van der Waals surface area (Å²) in [7, 11) is 2.00. The van der Waals surface area contributed by atoms with Gasteiger partial charge in [-0.25, -0.2) is 4.98 Å². The van der Waals surface area contributed by atoms with E-state index in [9.17, 15) is 0 Å². The summed E-state index contributed by atoms with van der Waals surface area (Å²) in [5, 5.41) is 5.40. The van der Waals surface area contributed by atoms with Crippen LogP contribution in [-0.2, 0) is 6.42 Å². The first-order valence-electron chi connectivity index (χ1n) is 6.82. The molecule has 2 aromatic heterocycles. The molecule has 0 unspecified atom stereocenters. The molecule has 1 aliphatic heterocycles. The maximum atomic E-state index is 5.86. The van der Waals surface area contributed by atoms with Crippen molar-refractivity contribution >= 4 is 23.1 Å². The summed E-state index contributed by atoms with van der Waals surface area (Å²) in [5.41, 5.74) is 6.85. The fraction of sp³-hybridized carbons (Fsp3) is 0.429. The van der Waals surface area contributed by atoms with E-state index in [0.717, 1.165) is 37.4 Å². The Balaban J connectivity index is 1.80. The van der Waals surface area contributed by atoms with Gasteiger partial charge in [0.05, 0.1) is 5.69 Å². The lowest BCUT2D eigenvalue weighted by molar-refractivity contribution is 0.616. The minimum Gasteiger partial charge on any atom is -0.368 e. The summed E-state index contributed by atoms with van der Waals surface area (Å²) in [6.07, 6.45) is 1.96. The second kappa shape index (κ2) is 5.76. The van der Waals surface area contributed by atoms with Crippen LogP contribution in [0.3, 0.4) is 0 Å². The lowest BCUT2D eigenvalue weighted by Gasteiger charge is -2.18. The molecule has 1 atom stereocenters. The molecule has 0 bridgehead atoms. The van der Waals surface area contributed by atoms with Crippen LogP contribution in [0.1, 0.15) is 17.0 Å². The first-order chi connectivity index (χ1) is 9.74. The number of anilines is 2. The molecule has 106 valence electrons. The van der Waals surface area contributed by atoms with Gasteiger partial charge in [-0.05, 0) is 24.9 Å². The highest BCUT2D eigenvalue weighted by atomic mass is 32.1. The van der Waals surface area contributed by atoms with Gasteiger partial charge < -0.3 is 16.0 Å². The van der Waals surface area contributed by atoms with E-state index in [1.165, 1.54) is 4.88 Å². The lowest BCUT2D eigenvalue weighted by Crippen LogP contribution is -2.30. The molecular formula is C14H19N5S. The molecule has 0 radical (unpaired) electrons. The van der Waals surface area contributed by atoms with Gasteiger partial charge in [0.2, 0.25) is 5.95 Å². The first-order valence-corrected chi connectivity index (χ1v) is 7.70. The zero-order valence-electron chi connectivity index (χ0n) is 11.5. The maximum absolute atomic E-state index is 5.86. The summed E-state index contributed by atoms with van der Waals surface area (Å²) in [6.45, 7) is 1.99. The van der Waals surface area contributed by atoms with E-state index in [2.05, 4.69) is 43.8 Å². The first kappa shape index (κ1) is 13.3. The Labute approximate surface area is 122 Å². The molecule has 0 saturated carbocycles. The van der Waals surface area contributed by atoms with Crippen molar-refractivity contribution < 1.29 is 0 Å². The van der Waals surface area contributed by atoms with Crippen molar-refractivity contribution in [3.05, 3.63) is 34.2 Å². The number of nitrogen functional groups attached to an aromatic ring is 1. The van der Waals surface area contributed by atoms with Crippen LogP contribution < -0.4 is 16.0 Å². The van der Waals surface area contributed by atoms with E-state index in [1.807, 2.05) is 7.05 Å². The van der Waals surface area contributed by atoms with Crippen LogP contribution >= 0.6 is 11.3 Å². The number of nitrogens with one attached hydrogen (secondary N) is 1. The van der Waals surface area contributed by atoms with Gasteiger partial charge in [0, 0.05) is 36.5 Å². The number of hydrogen-bond acceptors (Lipinski definition) is 6. The molecule has 0 spiro atoms. The van der Waals surface area contributed by atoms with Gasteiger partial charge in [0.25, 0.3) is 0 Å². The van der Waals surface area contributed by atoms with Crippen LogP contribution in [0.25, 0.3) is 0 Å². The topological polar surface area (TPSA) is 67.1 Å². The third kappa shape index (κ3) is 2.91. The van der Waals surface area contributed by atoms with Crippen LogP contribution in [0, 0.1) is 0 Å². The Morgan fingerprint density at radius 1 is 1.50 bits per heavy atom. The molecule has 3 heterocycles. The number of thiophene rings is 1. The standard InChI is InChI=1S/C14H19N5S/c1-16-10-4-5-19(9-10)13-8-11(17-14(15)18-13)7-12-3-2-6-20-12/h2-3,6,8,10,16H,4-5,7,9H2,1H3,(H2,15,17,18)/t10-/m1/s1. The van der Waals surface area contributed by atoms with Crippen molar-refractivity contribution in [2.24, 2.45) is 0 Å². The van der Waals surface area contributed by atoms with E-state index in [-0.39, 0.29) is 0 Å². The fourth-order valence-corrected chi connectivity index (χ4v) is 3.27. The second-order valence-corrected chi connectivity index (χ2v) is 6.08. The van der Waals surface area contributed by atoms with Gasteiger partial charge in [0.15, 0.2) is 0 Å². The van der Waals surface area contributed by atoms with Gasteiger partial charge in [0.1, 0.15) is 5.82 Å². The normalized spacial score (nSPS) is 18.6. The number of rotatable bonds is 4. The molecule has 5 nitrogen and oxygen atoms in total. The average molecular weight is 289 g/mol. The minimum atomic E-state index is 0.363. The van der Waals surface area contributed by atoms with E-state index in [0.29, 0.717) is 12.0 Å². The Morgan fingerprint density at radius 3 is 3.10 bits per heavy atom. The number of likely N-dealkylation sites (N-methyl/N-ethyl adjacent to an activating group) is 1. The summed E-state index contributed by atoms with van der Waals surface area (Å²) < 4.78 is 0. The molecule has 1 fully saturated rings. The molecule has 0 aliphatic carbocycles. The summed E-state index contributed by atoms with van der Waals surface area (Å²) in [4.78, 5) is 12.3. The average Bonchev–Trinajstić information content (AvgIpc) is 3.08. The second-order valence-electron chi connectivity index (χ2n) is 5.05. The molecule has 3 rings (SSSR count). The number of hydrogen-bond donors (Lipinski definition) is 2. The smallest absolute Gasteiger partial charge is 0.222 e. The van der Waals surface area contributed by atoms with Gasteiger partial charge in [-0.2, -0.15) is 4.98 Å². The predicted octanol–water partition coefficient (Wildman–Crippen LogP) is 1.51. The molecule has 20 heavy (non-hydrogen) atoms. The van der Waals surface area contributed by atoms with Crippen LogP contribution in [0.2, 0.25) is 0 Å². The van der Waals surface area contributed by atoms with Crippen molar-refractivity contribution in [3.63, 3.8) is 0 Å². The summed E-state index contributed by atoms with van der Waals surface area (Å²) >= 11 is 1.74. The Morgan fingerprint density at radius 2 is 2.40 bits per heavy atom. The van der Waals surface area contributed by atoms with Gasteiger partial charge in [-0.15, -0.1) is 11.3 Å². The van der Waals surface area contributed by atoms with Crippen LogP contribution in [0.5, 0.6) is 0 Å². The molecule has 0 aromatic carbocycles. The van der Waals surface area contributed by atoms with E-state index >= 15 is 0 Å². The molecule has 6 heteroatoms. The molecule has 0 amide bonds.